The maximum Gasteiger partial charge on any atom is 0.410 e. The van der Waals surface area contributed by atoms with Crippen LogP contribution in [-0.4, -0.2) is 48.2 Å². The molecule has 148 valence electrons. The molecule has 0 atom stereocenters. The molecule has 2 rings (SSSR count). The number of benzene rings is 1. The summed E-state index contributed by atoms with van der Waals surface area (Å²) >= 11 is 3.34. The van der Waals surface area contributed by atoms with E-state index in [2.05, 4.69) is 21.2 Å². The SMILES string of the molecule is CC(C)(C)OC(=O)N1CCC(C(=O)OCC(=O)Nc2ccccc2Br)CC1. The van der Waals surface area contributed by atoms with Crippen LogP contribution in [-0.2, 0) is 19.1 Å². The molecule has 1 fully saturated rings. The number of carbonyl (C=O) groups is 3. The molecule has 0 unspecified atom stereocenters. The Morgan fingerprint density at radius 2 is 1.81 bits per heavy atom. The molecule has 8 heteroatoms. The first-order valence-electron chi connectivity index (χ1n) is 8.84. The van der Waals surface area contributed by atoms with Gasteiger partial charge in [-0.25, -0.2) is 4.79 Å². The molecule has 27 heavy (non-hydrogen) atoms. The summed E-state index contributed by atoms with van der Waals surface area (Å²) in [6, 6.07) is 7.19. The highest BCUT2D eigenvalue weighted by Gasteiger charge is 2.30. The molecule has 1 aliphatic heterocycles. The molecule has 0 saturated carbocycles. The van der Waals surface area contributed by atoms with Gasteiger partial charge in [0.25, 0.3) is 5.91 Å². The Kier molecular flexibility index (Phi) is 7.24. The van der Waals surface area contributed by atoms with E-state index in [0.29, 0.717) is 31.6 Å². The van der Waals surface area contributed by atoms with Crippen LogP contribution >= 0.6 is 15.9 Å². The van der Waals surface area contributed by atoms with Gasteiger partial charge in [0.05, 0.1) is 11.6 Å². The zero-order valence-electron chi connectivity index (χ0n) is 15.8. The van der Waals surface area contributed by atoms with Crippen LogP contribution in [0.15, 0.2) is 28.7 Å². The lowest BCUT2D eigenvalue weighted by atomic mass is 9.97. The normalized spacial score (nSPS) is 15.2. The van der Waals surface area contributed by atoms with Gasteiger partial charge in [-0.3, -0.25) is 9.59 Å². The molecule has 1 saturated heterocycles. The molecule has 2 amide bonds. The highest BCUT2D eigenvalue weighted by molar-refractivity contribution is 9.10. The first-order valence-corrected chi connectivity index (χ1v) is 9.64. The maximum atomic E-state index is 12.2. The van der Waals surface area contributed by atoms with E-state index in [-0.39, 0.29) is 18.6 Å². The predicted octanol–water partition coefficient (Wildman–Crippen LogP) is 3.58. The molecule has 0 spiro atoms. The molecule has 1 aliphatic rings. The number of carbonyl (C=O) groups excluding carboxylic acids is 3. The first kappa shape index (κ1) is 21.2. The Morgan fingerprint density at radius 3 is 2.41 bits per heavy atom. The number of amides is 2. The Morgan fingerprint density at radius 1 is 1.19 bits per heavy atom. The lowest BCUT2D eigenvalue weighted by molar-refractivity contribution is -0.153. The summed E-state index contributed by atoms with van der Waals surface area (Å²) in [5.41, 5.74) is 0.0674. The third-order valence-corrected chi connectivity index (χ3v) is 4.66. The molecule has 0 bridgehead atoms. The lowest BCUT2D eigenvalue weighted by Crippen LogP contribution is -2.43. The quantitative estimate of drug-likeness (QED) is 0.723. The van der Waals surface area contributed by atoms with E-state index in [1.165, 1.54) is 0 Å². The van der Waals surface area contributed by atoms with Crippen molar-refractivity contribution in [3.8, 4) is 0 Å². The molecule has 0 radical (unpaired) electrons. The number of anilines is 1. The number of hydrogen-bond donors (Lipinski definition) is 1. The second-order valence-corrected chi connectivity index (χ2v) is 8.23. The van der Waals surface area contributed by atoms with Crippen molar-refractivity contribution in [2.45, 2.75) is 39.2 Å². The molecule has 1 N–H and O–H groups in total. The van der Waals surface area contributed by atoms with Gasteiger partial charge in [-0.05, 0) is 61.7 Å². The Labute approximate surface area is 167 Å². The minimum Gasteiger partial charge on any atom is -0.455 e. The molecule has 1 heterocycles. The number of hydrogen-bond acceptors (Lipinski definition) is 5. The summed E-state index contributed by atoms with van der Waals surface area (Å²) in [7, 11) is 0. The van der Waals surface area contributed by atoms with Crippen LogP contribution in [0.5, 0.6) is 0 Å². The minimum absolute atomic E-state index is 0.319. The van der Waals surface area contributed by atoms with Crippen molar-refractivity contribution in [2.24, 2.45) is 5.92 Å². The third kappa shape index (κ3) is 6.86. The Hall–Kier alpha value is -2.09. The average Bonchev–Trinajstić information content (AvgIpc) is 2.60. The molecule has 1 aromatic rings. The minimum atomic E-state index is -0.548. The van der Waals surface area contributed by atoms with Gasteiger partial charge in [0.1, 0.15) is 5.60 Å². The van der Waals surface area contributed by atoms with Gasteiger partial charge < -0.3 is 19.7 Å². The summed E-state index contributed by atoms with van der Waals surface area (Å²) in [4.78, 5) is 37.8. The molecule has 1 aromatic carbocycles. The van der Waals surface area contributed by atoms with Crippen LogP contribution in [0.1, 0.15) is 33.6 Å². The van der Waals surface area contributed by atoms with Crippen molar-refractivity contribution < 1.29 is 23.9 Å². The van der Waals surface area contributed by atoms with E-state index in [4.69, 9.17) is 9.47 Å². The van der Waals surface area contributed by atoms with E-state index in [1.807, 2.05) is 26.8 Å². The maximum absolute atomic E-state index is 12.2. The number of piperidine rings is 1. The van der Waals surface area contributed by atoms with Crippen molar-refractivity contribution in [2.75, 3.05) is 25.0 Å². The number of nitrogens with one attached hydrogen (secondary N) is 1. The number of rotatable bonds is 4. The predicted molar refractivity (Wildman–Crippen MR) is 104 cm³/mol. The van der Waals surface area contributed by atoms with Crippen LogP contribution in [0.4, 0.5) is 10.5 Å². The number of para-hydroxylation sites is 1. The van der Waals surface area contributed by atoms with E-state index in [0.717, 1.165) is 4.47 Å². The van der Waals surface area contributed by atoms with Gasteiger partial charge in [-0.2, -0.15) is 0 Å². The number of likely N-dealkylation sites (tertiary alicyclic amines) is 1. The van der Waals surface area contributed by atoms with Gasteiger partial charge >= 0.3 is 12.1 Å². The van der Waals surface area contributed by atoms with Crippen LogP contribution in [0, 0.1) is 5.92 Å². The lowest BCUT2D eigenvalue weighted by Gasteiger charge is -2.32. The zero-order valence-corrected chi connectivity index (χ0v) is 17.4. The van der Waals surface area contributed by atoms with Crippen LogP contribution in [0.3, 0.4) is 0 Å². The Balaban J connectivity index is 1.74. The summed E-state index contributed by atoms with van der Waals surface area (Å²) in [6.45, 7) is 5.96. The van der Waals surface area contributed by atoms with Crippen molar-refractivity contribution in [1.29, 1.82) is 0 Å². The van der Waals surface area contributed by atoms with Crippen LogP contribution in [0.25, 0.3) is 0 Å². The summed E-state index contributed by atoms with van der Waals surface area (Å²) < 4.78 is 11.2. The first-order chi connectivity index (χ1) is 12.7. The van der Waals surface area contributed by atoms with Gasteiger partial charge in [0.2, 0.25) is 0 Å². The van der Waals surface area contributed by atoms with Gasteiger partial charge in [0, 0.05) is 17.6 Å². The van der Waals surface area contributed by atoms with Crippen molar-refractivity contribution >= 4 is 39.6 Å². The van der Waals surface area contributed by atoms with Gasteiger partial charge in [0.15, 0.2) is 6.61 Å². The van der Waals surface area contributed by atoms with Crippen molar-refractivity contribution in [1.82, 2.24) is 4.90 Å². The summed E-state index contributed by atoms with van der Waals surface area (Å²) in [5.74, 6) is -1.14. The summed E-state index contributed by atoms with van der Waals surface area (Å²) in [5, 5.41) is 2.68. The van der Waals surface area contributed by atoms with Crippen LogP contribution < -0.4 is 5.32 Å². The van der Waals surface area contributed by atoms with Gasteiger partial charge in [-0.1, -0.05) is 12.1 Å². The van der Waals surface area contributed by atoms with Crippen molar-refractivity contribution in [3.05, 3.63) is 28.7 Å². The topological polar surface area (TPSA) is 84.9 Å². The fraction of sp³-hybridized carbons (Fsp3) is 0.526. The van der Waals surface area contributed by atoms with Crippen LogP contribution in [0.2, 0.25) is 0 Å². The highest BCUT2D eigenvalue weighted by atomic mass is 79.9. The van der Waals surface area contributed by atoms with E-state index in [9.17, 15) is 14.4 Å². The number of esters is 1. The highest BCUT2D eigenvalue weighted by Crippen LogP contribution is 2.22. The summed E-state index contributed by atoms with van der Waals surface area (Å²) in [6.07, 6.45) is 0.607. The monoisotopic (exact) mass is 440 g/mol. The fourth-order valence-corrected chi connectivity index (χ4v) is 3.01. The van der Waals surface area contributed by atoms with E-state index in [1.54, 1.807) is 23.1 Å². The second kappa shape index (κ2) is 9.21. The van der Waals surface area contributed by atoms with Crippen molar-refractivity contribution in [3.63, 3.8) is 0 Å². The number of nitrogens with zero attached hydrogens (tertiary/aromatic N) is 1. The zero-order chi connectivity index (χ0) is 20.0. The molecule has 0 aliphatic carbocycles. The van der Waals surface area contributed by atoms with E-state index >= 15 is 0 Å². The van der Waals surface area contributed by atoms with E-state index < -0.39 is 17.5 Å². The third-order valence-electron chi connectivity index (χ3n) is 3.97. The standard InChI is InChI=1S/C19H25BrN2O5/c1-19(2,3)27-18(25)22-10-8-13(9-11-22)17(24)26-12-16(23)21-15-7-5-4-6-14(15)20/h4-7,13H,8-12H2,1-3H3,(H,21,23). The fourth-order valence-electron chi connectivity index (χ4n) is 2.63. The Bertz CT molecular complexity index is 694. The largest absolute Gasteiger partial charge is 0.455 e. The molecular weight excluding hydrogens is 416 g/mol. The van der Waals surface area contributed by atoms with Gasteiger partial charge in [-0.15, -0.1) is 0 Å². The number of halogens is 1. The smallest absolute Gasteiger partial charge is 0.410 e. The molecular formula is C19H25BrN2O5. The molecule has 7 nitrogen and oxygen atoms in total. The number of ether oxygens (including phenoxy) is 2. The molecule has 0 aromatic heterocycles. The average molecular weight is 441 g/mol. The second-order valence-electron chi connectivity index (χ2n) is 7.38.